The summed E-state index contributed by atoms with van der Waals surface area (Å²) in [5, 5.41) is 3.53. The molecular weight excluding hydrogens is 323 g/mol. The van der Waals surface area contributed by atoms with E-state index in [1.54, 1.807) is 19.1 Å². The highest BCUT2D eigenvalue weighted by atomic mass is 32.1. The van der Waals surface area contributed by atoms with Crippen LogP contribution < -0.4 is 10.7 Å². The normalized spacial score (nSPS) is 14.1. The van der Waals surface area contributed by atoms with Crippen LogP contribution >= 0.6 is 11.3 Å². The van der Waals surface area contributed by atoms with Gasteiger partial charge < -0.3 is 0 Å². The molecule has 0 atom stereocenters. The fraction of sp³-hybridized carbons (Fsp3) is 0.143. The molecule has 3 rings (SSSR count). The molecule has 9 heteroatoms. The molecule has 0 radical (unpaired) electrons. The van der Waals surface area contributed by atoms with E-state index in [-0.39, 0.29) is 12.4 Å². The van der Waals surface area contributed by atoms with Gasteiger partial charge in [-0.1, -0.05) is 0 Å². The SMILES string of the molecule is Cc1nc(-c2ccc(F)cc2)sc1C(=O)NN1CC(=O)NC1=O. The van der Waals surface area contributed by atoms with Crippen LogP contribution in [0, 0.1) is 12.7 Å². The summed E-state index contributed by atoms with van der Waals surface area (Å²) in [6, 6.07) is 5.09. The van der Waals surface area contributed by atoms with Gasteiger partial charge in [-0.25, -0.2) is 19.2 Å². The Labute approximate surface area is 134 Å². The molecule has 1 fully saturated rings. The van der Waals surface area contributed by atoms with E-state index in [4.69, 9.17) is 0 Å². The lowest BCUT2D eigenvalue weighted by Crippen LogP contribution is -2.44. The smallest absolute Gasteiger partial charge is 0.275 e. The van der Waals surface area contributed by atoms with Crippen molar-refractivity contribution in [2.45, 2.75) is 6.92 Å². The van der Waals surface area contributed by atoms with E-state index >= 15 is 0 Å². The third-order valence-electron chi connectivity index (χ3n) is 3.12. The number of urea groups is 1. The predicted molar refractivity (Wildman–Crippen MR) is 80.0 cm³/mol. The number of aromatic nitrogens is 1. The number of hydrogen-bond donors (Lipinski definition) is 2. The number of hydrazine groups is 1. The van der Waals surface area contributed by atoms with E-state index in [0.29, 0.717) is 21.1 Å². The molecule has 118 valence electrons. The highest BCUT2D eigenvalue weighted by molar-refractivity contribution is 7.17. The molecule has 0 unspecified atom stereocenters. The van der Waals surface area contributed by atoms with Gasteiger partial charge in [-0.2, -0.15) is 0 Å². The van der Waals surface area contributed by atoms with Gasteiger partial charge in [0, 0.05) is 5.56 Å². The molecule has 0 saturated carbocycles. The minimum atomic E-state index is -0.677. The van der Waals surface area contributed by atoms with E-state index in [0.717, 1.165) is 16.3 Å². The summed E-state index contributed by atoms with van der Waals surface area (Å²) >= 11 is 1.12. The number of aryl methyl sites for hydroxylation is 1. The topological polar surface area (TPSA) is 91.4 Å². The lowest BCUT2D eigenvalue weighted by atomic mass is 10.2. The van der Waals surface area contributed by atoms with Crippen LogP contribution in [-0.2, 0) is 4.79 Å². The van der Waals surface area contributed by atoms with Gasteiger partial charge in [0.25, 0.3) is 5.91 Å². The molecule has 1 aliphatic rings. The van der Waals surface area contributed by atoms with Gasteiger partial charge in [-0.3, -0.25) is 20.3 Å². The Morgan fingerprint density at radius 2 is 2.04 bits per heavy atom. The van der Waals surface area contributed by atoms with E-state index in [2.05, 4.69) is 15.7 Å². The van der Waals surface area contributed by atoms with Gasteiger partial charge in [0.2, 0.25) is 5.91 Å². The monoisotopic (exact) mass is 334 g/mol. The number of imide groups is 1. The fourth-order valence-corrected chi connectivity index (χ4v) is 2.99. The summed E-state index contributed by atoms with van der Waals surface area (Å²) in [5.41, 5.74) is 3.53. The second-order valence-corrected chi connectivity index (χ2v) is 5.82. The lowest BCUT2D eigenvalue weighted by Gasteiger charge is -2.13. The van der Waals surface area contributed by atoms with Crippen molar-refractivity contribution >= 4 is 29.2 Å². The maximum Gasteiger partial charge on any atom is 0.343 e. The van der Waals surface area contributed by atoms with Crippen LogP contribution in [0.4, 0.5) is 9.18 Å². The number of nitrogens with one attached hydrogen (secondary N) is 2. The zero-order valence-corrected chi connectivity index (χ0v) is 12.7. The number of carbonyl (C=O) groups excluding carboxylic acids is 3. The zero-order chi connectivity index (χ0) is 16.6. The van der Waals surface area contributed by atoms with Crippen LogP contribution in [0.1, 0.15) is 15.4 Å². The highest BCUT2D eigenvalue weighted by Crippen LogP contribution is 2.28. The van der Waals surface area contributed by atoms with Crippen molar-refractivity contribution in [1.29, 1.82) is 0 Å². The van der Waals surface area contributed by atoms with E-state index in [1.165, 1.54) is 12.1 Å². The first kappa shape index (κ1) is 15.1. The van der Waals surface area contributed by atoms with Crippen LogP contribution in [0.3, 0.4) is 0 Å². The molecule has 0 aliphatic carbocycles. The standard InChI is InChI=1S/C14H11FN4O3S/c1-7-11(12(21)18-19-6-10(20)17-14(19)22)23-13(16-7)8-2-4-9(15)5-3-8/h2-5H,6H2,1H3,(H,18,21)(H,17,20,22). The van der Waals surface area contributed by atoms with E-state index in [9.17, 15) is 18.8 Å². The van der Waals surface area contributed by atoms with Gasteiger partial charge in [-0.15, -0.1) is 11.3 Å². The van der Waals surface area contributed by atoms with Crippen molar-refractivity contribution in [3.8, 4) is 10.6 Å². The molecule has 4 amide bonds. The summed E-state index contributed by atoms with van der Waals surface area (Å²) < 4.78 is 13.0. The Bertz CT molecular complexity index is 803. The summed E-state index contributed by atoms with van der Waals surface area (Å²) in [6.07, 6.45) is 0. The van der Waals surface area contributed by atoms with Crippen molar-refractivity contribution < 1.29 is 18.8 Å². The first-order valence-corrected chi connectivity index (χ1v) is 7.41. The van der Waals surface area contributed by atoms with Gasteiger partial charge in [0.1, 0.15) is 22.2 Å². The van der Waals surface area contributed by atoms with Gasteiger partial charge in [0.15, 0.2) is 0 Å². The lowest BCUT2D eigenvalue weighted by molar-refractivity contribution is -0.118. The number of thiazole rings is 1. The van der Waals surface area contributed by atoms with Crippen molar-refractivity contribution in [3.63, 3.8) is 0 Å². The van der Waals surface area contributed by atoms with Gasteiger partial charge in [-0.05, 0) is 31.2 Å². The number of rotatable bonds is 3. The average molecular weight is 334 g/mol. The minimum absolute atomic E-state index is 0.229. The summed E-state index contributed by atoms with van der Waals surface area (Å²) in [6.45, 7) is 1.43. The maximum absolute atomic E-state index is 13.0. The fourth-order valence-electron chi connectivity index (χ4n) is 2.03. The Hall–Kier alpha value is -2.81. The molecule has 0 bridgehead atoms. The summed E-state index contributed by atoms with van der Waals surface area (Å²) in [7, 11) is 0. The van der Waals surface area contributed by atoms with Crippen LogP contribution in [0.2, 0.25) is 0 Å². The van der Waals surface area contributed by atoms with Crippen LogP contribution in [0.15, 0.2) is 24.3 Å². The quantitative estimate of drug-likeness (QED) is 0.831. The molecule has 1 aromatic heterocycles. The Morgan fingerprint density at radius 1 is 1.35 bits per heavy atom. The van der Waals surface area contributed by atoms with Crippen molar-refractivity contribution in [2.24, 2.45) is 0 Å². The third-order valence-corrected chi connectivity index (χ3v) is 4.33. The molecule has 7 nitrogen and oxygen atoms in total. The molecule has 23 heavy (non-hydrogen) atoms. The largest absolute Gasteiger partial charge is 0.343 e. The second kappa shape index (κ2) is 5.76. The molecule has 0 spiro atoms. The molecule has 2 aromatic rings. The van der Waals surface area contributed by atoms with Crippen molar-refractivity contribution in [3.05, 3.63) is 40.7 Å². The minimum Gasteiger partial charge on any atom is -0.275 e. The zero-order valence-electron chi connectivity index (χ0n) is 11.9. The number of halogens is 1. The van der Waals surface area contributed by atoms with E-state index in [1.807, 2.05) is 0 Å². The Balaban J connectivity index is 1.80. The van der Waals surface area contributed by atoms with Crippen molar-refractivity contribution in [1.82, 2.24) is 20.7 Å². The number of benzene rings is 1. The second-order valence-electron chi connectivity index (χ2n) is 4.82. The first-order chi connectivity index (χ1) is 10.9. The molecule has 1 aromatic carbocycles. The van der Waals surface area contributed by atoms with Crippen LogP contribution in [0.5, 0.6) is 0 Å². The Kier molecular flexibility index (Phi) is 3.78. The van der Waals surface area contributed by atoms with Gasteiger partial charge >= 0.3 is 6.03 Å². The summed E-state index contributed by atoms with van der Waals surface area (Å²) in [4.78, 5) is 39.4. The molecule has 1 saturated heterocycles. The molecular formula is C14H11FN4O3S. The van der Waals surface area contributed by atoms with Crippen LogP contribution in [-0.4, -0.2) is 34.4 Å². The number of carbonyl (C=O) groups is 3. The van der Waals surface area contributed by atoms with Crippen LogP contribution in [0.25, 0.3) is 10.6 Å². The van der Waals surface area contributed by atoms with Crippen molar-refractivity contribution in [2.75, 3.05) is 6.54 Å². The third kappa shape index (κ3) is 3.04. The summed E-state index contributed by atoms with van der Waals surface area (Å²) in [5.74, 6) is -1.37. The first-order valence-electron chi connectivity index (χ1n) is 6.60. The van der Waals surface area contributed by atoms with Gasteiger partial charge in [0.05, 0.1) is 5.69 Å². The average Bonchev–Trinajstić information content (AvgIpc) is 3.02. The molecule has 1 aliphatic heterocycles. The maximum atomic E-state index is 13.0. The molecule has 2 heterocycles. The number of hydrogen-bond acceptors (Lipinski definition) is 5. The highest BCUT2D eigenvalue weighted by Gasteiger charge is 2.29. The van der Waals surface area contributed by atoms with E-state index < -0.39 is 17.8 Å². The predicted octanol–water partition coefficient (Wildman–Crippen LogP) is 1.45. The number of nitrogens with zero attached hydrogens (tertiary/aromatic N) is 2. The number of amides is 4. The molecule has 2 N–H and O–H groups in total. The Morgan fingerprint density at radius 3 is 2.65 bits per heavy atom.